The number of fused-ring (bicyclic) bond motifs is 2. The van der Waals surface area contributed by atoms with Crippen molar-refractivity contribution >= 4 is 5.97 Å². The van der Waals surface area contributed by atoms with Crippen LogP contribution in [0.4, 0.5) is 0 Å². The highest BCUT2D eigenvalue weighted by molar-refractivity contribution is 5.65. The second-order valence-corrected chi connectivity index (χ2v) is 6.33. The van der Waals surface area contributed by atoms with E-state index in [2.05, 4.69) is 39.0 Å². The first kappa shape index (κ1) is 15.3. The highest BCUT2D eigenvalue weighted by atomic mass is 16.5. The predicted octanol–water partition coefficient (Wildman–Crippen LogP) is 3.36. The fourth-order valence-corrected chi connectivity index (χ4v) is 3.91. The molecule has 0 aromatic carbocycles. The zero-order chi connectivity index (χ0) is 14.9. The molecule has 0 unspecified atom stereocenters. The maximum Gasteiger partial charge on any atom is 0.302 e. The van der Waals surface area contributed by atoms with Gasteiger partial charge in [-0.05, 0) is 25.7 Å². The minimum atomic E-state index is -0.211. The summed E-state index contributed by atoms with van der Waals surface area (Å²) in [4.78, 5) is 11.2. The van der Waals surface area contributed by atoms with Crippen LogP contribution in [0.1, 0.15) is 34.6 Å². The van der Waals surface area contributed by atoms with Crippen LogP contribution in [0.15, 0.2) is 23.8 Å². The third-order valence-corrected chi connectivity index (χ3v) is 5.22. The fourth-order valence-electron chi connectivity index (χ4n) is 3.91. The van der Waals surface area contributed by atoms with E-state index in [9.17, 15) is 4.79 Å². The third-order valence-electron chi connectivity index (χ3n) is 5.22. The van der Waals surface area contributed by atoms with Crippen molar-refractivity contribution in [2.24, 2.45) is 23.2 Å². The summed E-state index contributed by atoms with van der Waals surface area (Å²) in [5, 5.41) is 0. The number of carbonyl (C=O) groups is 1. The number of esters is 1. The lowest BCUT2D eigenvalue weighted by molar-refractivity contribution is -0.171. The van der Waals surface area contributed by atoms with Crippen LogP contribution in [0.3, 0.4) is 0 Å². The molecule has 0 amide bonds. The Bertz CT molecular complexity index is 438. The van der Waals surface area contributed by atoms with Crippen LogP contribution in [0, 0.1) is 23.2 Å². The van der Waals surface area contributed by atoms with Gasteiger partial charge in [0.15, 0.2) is 0 Å². The molecule has 0 saturated carbocycles. The molecule has 0 radical (unpaired) electrons. The lowest BCUT2D eigenvalue weighted by Gasteiger charge is -2.54. The quantitative estimate of drug-likeness (QED) is 0.586. The van der Waals surface area contributed by atoms with Gasteiger partial charge in [0.05, 0.1) is 19.3 Å². The van der Waals surface area contributed by atoms with Crippen LogP contribution < -0.4 is 0 Å². The van der Waals surface area contributed by atoms with Crippen molar-refractivity contribution in [1.82, 2.24) is 0 Å². The number of hydrogen-bond acceptors (Lipinski definition) is 3. The standard InChI is InChI=1S/C17H26O3/c1-6-7-15-16-11(2)8-12(3)17(10-20-15,13(16)4)9-19-14(5)18/h6-8,12-13,15-16H,9-10H2,1-5H3/b7-6+/t12-,13+,15-,16-,17-/m0/s1. The Hall–Kier alpha value is -1.09. The molecule has 2 aliphatic rings. The maximum atomic E-state index is 11.2. The summed E-state index contributed by atoms with van der Waals surface area (Å²) in [5.41, 5.74) is 1.31. The van der Waals surface area contributed by atoms with Gasteiger partial charge in [0.1, 0.15) is 0 Å². The average Bonchev–Trinajstić information content (AvgIpc) is 2.36. The van der Waals surface area contributed by atoms with Crippen molar-refractivity contribution < 1.29 is 14.3 Å². The van der Waals surface area contributed by atoms with E-state index >= 15 is 0 Å². The molecule has 1 saturated heterocycles. The number of ether oxygens (including phenoxy) is 2. The molecule has 3 heteroatoms. The Morgan fingerprint density at radius 3 is 2.85 bits per heavy atom. The Morgan fingerprint density at radius 2 is 2.25 bits per heavy atom. The van der Waals surface area contributed by atoms with Gasteiger partial charge in [-0.1, -0.05) is 37.6 Å². The van der Waals surface area contributed by atoms with E-state index in [0.717, 1.165) is 0 Å². The minimum Gasteiger partial charge on any atom is -0.465 e. The second-order valence-electron chi connectivity index (χ2n) is 6.33. The first-order chi connectivity index (χ1) is 9.42. The van der Waals surface area contributed by atoms with Crippen LogP contribution in [0.5, 0.6) is 0 Å². The van der Waals surface area contributed by atoms with Gasteiger partial charge in [-0.3, -0.25) is 4.79 Å². The van der Waals surface area contributed by atoms with Crippen LogP contribution in [-0.2, 0) is 14.3 Å². The molecule has 0 spiro atoms. The summed E-state index contributed by atoms with van der Waals surface area (Å²) in [7, 11) is 0. The molecule has 1 fully saturated rings. The maximum absolute atomic E-state index is 11.2. The first-order valence-corrected chi connectivity index (χ1v) is 7.48. The molecule has 0 aromatic heterocycles. The van der Waals surface area contributed by atoms with Gasteiger partial charge in [-0.2, -0.15) is 0 Å². The number of rotatable bonds is 3. The normalized spacial score (nSPS) is 40.5. The van der Waals surface area contributed by atoms with Crippen LogP contribution in [-0.4, -0.2) is 25.3 Å². The van der Waals surface area contributed by atoms with E-state index < -0.39 is 0 Å². The van der Waals surface area contributed by atoms with Crippen molar-refractivity contribution in [1.29, 1.82) is 0 Å². The minimum absolute atomic E-state index is 0.0894. The van der Waals surface area contributed by atoms with E-state index in [0.29, 0.717) is 31.0 Å². The van der Waals surface area contributed by atoms with E-state index in [1.54, 1.807) is 0 Å². The summed E-state index contributed by atoms with van der Waals surface area (Å²) in [5.74, 6) is 0.973. The fraction of sp³-hybridized carbons (Fsp3) is 0.706. The van der Waals surface area contributed by atoms with Gasteiger partial charge in [-0.15, -0.1) is 0 Å². The van der Waals surface area contributed by atoms with Crippen LogP contribution >= 0.6 is 0 Å². The summed E-state index contributed by atoms with van der Waals surface area (Å²) in [6.45, 7) is 11.3. The summed E-state index contributed by atoms with van der Waals surface area (Å²) in [6.07, 6.45) is 6.68. The molecular weight excluding hydrogens is 252 g/mol. The van der Waals surface area contributed by atoms with E-state index in [1.165, 1.54) is 12.5 Å². The van der Waals surface area contributed by atoms with Crippen molar-refractivity contribution in [3.63, 3.8) is 0 Å². The van der Waals surface area contributed by atoms with Crippen LogP contribution in [0.2, 0.25) is 0 Å². The summed E-state index contributed by atoms with van der Waals surface area (Å²) < 4.78 is 11.5. The van der Waals surface area contributed by atoms with Gasteiger partial charge in [-0.25, -0.2) is 0 Å². The largest absolute Gasteiger partial charge is 0.465 e. The topological polar surface area (TPSA) is 35.5 Å². The number of carbonyl (C=O) groups excluding carboxylic acids is 1. The molecule has 5 atom stereocenters. The van der Waals surface area contributed by atoms with Gasteiger partial charge >= 0.3 is 5.97 Å². The van der Waals surface area contributed by atoms with Crippen LogP contribution in [0.25, 0.3) is 0 Å². The molecule has 1 heterocycles. The molecule has 0 N–H and O–H groups in total. The van der Waals surface area contributed by atoms with E-state index in [4.69, 9.17) is 9.47 Å². The van der Waals surface area contributed by atoms with Crippen molar-refractivity contribution in [3.05, 3.63) is 23.8 Å². The monoisotopic (exact) mass is 278 g/mol. The second kappa shape index (κ2) is 5.72. The molecule has 1 aliphatic heterocycles. The Balaban J connectivity index is 2.32. The van der Waals surface area contributed by atoms with E-state index in [-0.39, 0.29) is 17.5 Å². The van der Waals surface area contributed by atoms with Gasteiger partial charge in [0, 0.05) is 18.3 Å². The molecule has 3 nitrogen and oxygen atoms in total. The summed E-state index contributed by atoms with van der Waals surface area (Å²) >= 11 is 0. The zero-order valence-electron chi connectivity index (χ0n) is 13.2. The lowest BCUT2D eigenvalue weighted by atomic mass is 9.56. The SMILES string of the molecule is C/C=C/[C@@H]1OC[C@]2(COC(C)=O)[C@H](C)[C@@H]1C(C)=C[C@@H]2C. The van der Waals surface area contributed by atoms with E-state index in [1.807, 2.05) is 6.92 Å². The third kappa shape index (κ3) is 2.44. The Morgan fingerprint density at radius 1 is 1.55 bits per heavy atom. The van der Waals surface area contributed by atoms with Crippen molar-refractivity contribution in [2.75, 3.05) is 13.2 Å². The molecule has 112 valence electrons. The molecule has 0 aromatic rings. The van der Waals surface area contributed by atoms with Crippen molar-refractivity contribution in [3.8, 4) is 0 Å². The molecular formula is C17H26O3. The molecule has 2 rings (SSSR count). The van der Waals surface area contributed by atoms with Gasteiger partial charge < -0.3 is 9.47 Å². The predicted molar refractivity (Wildman–Crippen MR) is 79.2 cm³/mol. The van der Waals surface area contributed by atoms with Gasteiger partial charge in [0.25, 0.3) is 0 Å². The van der Waals surface area contributed by atoms with Gasteiger partial charge in [0.2, 0.25) is 0 Å². The number of hydrogen-bond donors (Lipinski definition) is 0. The average molecular weight is 278 g/mol. The highest BCUT2D eigenvalue weighted by Crippen LogP contribution is 2.52. The number of allylic oxidation sites excluding steroid dienone is 2. The lowest BCUT2D eigenvalue weighted by Crippen LogP contribution is -2.56. The zero-order valence-corrected chi connectivity index (χ0v) is 13.2. The molecule has 2 bridgehead atoms. The summed E-state index contributed by atoms with van der Waals surface area (Å²) in [6, 6.07) is 0. The molecule has 20 heavy (non-hydrogen) atoms. The van der Waals surface area contributed by atoms with Crippen molar-refractivity contribution in [2.45, 2.75) is 40.7 Å². The highest BCUT2D eigenvalue weighted by Gasteiger charge is 2.53. The smallest absolute Gasteiger partial charge is 0.302 e. The first-order valence-electron chi connectivity index (χ1n) is 7.48. The molecule has 1 aliphatic carbocycles. The Kier molecular flexibility index (Phi) is 4.38. The Labute approximate surface area is 122 Å².